The van der Waals surface area contributed by atoms with Crippen LogP contribution in [0.2, 0.25) is 0 Å². The first-order chi connectivity index (χ1) is 8.36. The standard InChI is InChI=1S/C14H22N2O/c1-15-14(11-6-5-9-16-10-11)12-7-3-4-8-13(12)17-2/h3-4,7-8,11,14-16H,5-6,9-10H2,1-2H3. The van der Waals surface area contributed by atoms with E-state index < -0.39 is 0 Å². The van der Waals surface area contributed by atoms with Crippen LogP contribution < -0.4 is 15.4 Å². The Balaban J connectivity index is 2.21. The minimum absolute atomic E-state index is 0.374. The van der Waals surface area contributed by atoms with Crippen molar-refractivity contribution >= 4 is 0 Å². The number of ether oxygens (including phenoxy) is 1. The number of hydrogen-bond donors (Lipinski definition) is 2. The first kappa shape index (κ1) is 12.4. The molecule has 0 spiro atoms. The van der Waals surface area contributed by atoms with E-state index >= 15 is 0 Å². The number of nitrogens with one attached hydrogen (secondary N) is 2. The van der Waals surface area contributed by atoms with Gasteiger partial charge in [-0.05, 0) is 45.0 Å². The Kier molecular flexibility index (Phi) is 4.40. The first-order valence-corrected chi connectivity index (χ1v) is 6.37. The summed E-state index contributed by atoms with van der Waals surface area (Å²) in [5.74, 6) is 1.63. The van der Waals surface area contributed by atoms with Crippen molar-refractivity contribution in [1.82, 2.24) is 10.6 Å². The van der Waals surface area contributed by atoms with Crippen LogP contribution in [0.25, 0.3) is 0 Å². The third-order valence-electron chi connectivity index (χ3n) is 3.59. The van der Waals surface area contributed by atoms with Gasteiger partial charge < -0.3 is 15.4 Å². The van der Waals surface area contributed by atoms with Crippen molar-refractivity contribution in [2.75, 3.05) is 27.2 Å². The molecule has 1 aromatic rings. The molecule has 1 fully saturated rings. The summed E-state index contributed by atoms with van der Waals surface area (Å²) in [5.41, 5.74) is 1.27. The van der Waals surface area contributed by atoms with Crippen LogP contribution in [0.4, 0.5) is 0 Å². The highest BCUT2D eigenvalue weighted by Gasteiger charge is 2.25. The van der Waals surface area contributed by atoms with Gasteiger partial charge in [0.05, 0.1) is 7.11 Å². The molecular formula is C14H22N2O. The summed E-state index contributed by atoms with van der Waals surface area (Å²) in [5, 5.41) is 6.92. The number of benzene rings is 1. The van der Waals surface area contributed by atoms with E-state index in [1.54, 1.807) is 7.11 Å². The van der Waals surface area contributed by atoms with Gasteiger partial charge in [-0.2, -0.15) is 0 Å². The molecule has 2 rings (SSSR count). The molecule has 0 saturated carbocycles. The fourth-order valence-corrected chi connectivity index (χ4v) is 2.73. The van der Waals surface area contributed by atoms with Crippen molar-refractivity contribution in [2.24, 2.45) is 5.92 Å². The zero-order valence-corrected chi connectivity index (χ0v) is 10.7. The van der Waals surface area contributed by atoms with Gasteiger partial charge in [-0.15, -0.1) is 0 Å². The lowest BCUT2D eigenvalue weighted by Crippen LogP contribution is -2.37. The number of methoxy groups -OCH3 is 1. The van der Waals surface area contributed by atoms with Gasteiger partial charge in [0.2, 0.25) is 0 Å². The van der Waals surface area contributed by atoms with Crippen LogP contribution in [-0.2, 0) is 0 Å². The topological polar surface area (TPSA) is 33.3 Å². The SMILES string of the molecule is CNC(c1ccccc1OC)C1CCCNC1. The molecule has 94 valence electrons. The van der Waals surface area contributed by atoms with E-state index in [4.69, 9.17) is 4.74 Å². The zero-order valence-electron chi connectivity index (χ0n) is 10.7. The van der Waals surface area contributed by atoms with Crippen LogP contribution in [0.15, 0.2) is 24.3 Å². The zero-order chi connectivity index (χ0) is 12.1. The molecular weight excluding hydrogens is 212 g/mol. The highest BCUT2D eigenvalue weighted by Crippen LogP contribution is 2.32. The second-order valence-electron chi connectivity index (χ2n) is 4.61. The highest BCUT2D eigenvalue weighted by atomic mass is 16.5. The summed E-state index contributed by atoms with van der Waals surface area (Å²) in [6.45, 7) is 2.24. The molecule has 0 radical (unpaired) electrons. The summed E-state index contributed by atoms with van der Waals surface area (Å²) >= 11 is 0. The molecule has 2 N–H and O–H groups in total. The van der Waals surface area contributed by atoms with Gasteiger partial charge >= 0.3 is 0 Å². The van der Waals surface area contributed by atoms with E-state index in [1.165, 1.54) is 18.4 Å². The van der Waals surface area contributed by atoms with Gasteiger partial charge in [0.1, 0.15) is 5.75 Å². The van der Waals surface area contributed by atoms with E-state index in [9.17, 15) is 0 Å². The van der Waals surface area contributed by atoms with Gasteiger partial charge in [0.15, 0.2) is 0 Å². The number of piperidine rings is 1. The molecule has 1 aliphatic rings. The predicted octanol–water partition coefficient (Wildman–Crippen LogP) is 1.96. The van der Waals surface area contributed by atoms with Crippen LogP contribution in [-0.4, -0.2) is 27.2 Å². The molecule has 1 aromatic carbocycles. The quantitative estimate of drug-likeness (QED) is 0.835. The van der Waals surface area contributed by atoms with Gasteiger partial charge in [0, 0.05) is 11.6 Å². The van der Waals surface area contributed by atoms with E-state index in [1.807, 2.05) is 19.2 Å². The second-order valence-corrected chi connectivity index (χ2v) is 4.61. The third-order valence-corrected chi connectivity index (χ3v) is 3.59. The van der Waals surface area contributed by atoms with Crippen LogP contribution in [0.5, 0.6) is 5.75 Å². The monoisotopic (exact) mass is 234 g/mol. The van der Waals surface area contributed by atoms with Gasteiger partial charge in [-0.25, -0.2) is 0 Å². The molecule has 0 bridgehead atoms. The molecule has 1 saturated heterocycles. The summed E-state index contributed by atoms with van der Waals surface area (Å²) in [7, 11) is 3.77. The van der Waals surface area contributed by atoms with Crippen LogP contribution in [0.3, 0.4) is 0 Å². The predicted molar refractivity (Wildman–Crippen MR) is 70.4 cm³/mol. The van der Waals surface area contributed by atoms with Gasteiger partial charge in [-0.1, -0.05) is 18.2 Å². The fraction of sp³-hybridized carbons (Fsp3) is 0.571. The van der Waals surface area contributed by atoms with Crippen molar-refractivity contribution in [3.63, 3.8) is 0 Å². The molecule has 0 aromatic heterocycles. The van der Waals surface area contributed by atoms with Crippen LogP contribution in [0.1, 0.15) is 24.4 Å². The van der Waals surface area contributed by atoms with Crippen molar-refractivity contribution in [2.45, 2.75) is 18.9 Å². The first-order valence-electron chi connectivity index (χ1n) is 6.37. The average molecular weight is 234 g/mol. The lowest BCUT2D eigenvalue weighted by molar-refractivity contribution is 0.291. The molecule has 1 heterocycles. The lowest BCUT2D eigenvalue weighted by atomic mass is 9.87. The normalized spacial score (nSPS) is 22.1. The molecule has 2 atom stereocenters. The lowest BCUT2D eigenvalue weighted by Gasteiger charge is -2.31. The Morgan fingerprint density at radius 2 is 2.24 bits per heavy atom. The smallest absolute Gasteiger partial charge is 0.123 e. The minimum Gasteiger partial charge on any atom is -0.496 e. The Labute approximate surface area is 104 Å². The molecule has 1 aliphatic heterocycles. The Bertz CT molecular complexity index is 348. The van der Waals surface area contributed by atoms with Crippen molar-refractivity contribution in [3.05, 3.63) is 29.8 Å². The Morgan fingerprint density at radius 1 is 1.41 bits per heavy atom. The van der Waals surface area contributed by atoms with E-state index in [2.05, 4.69) is 22.8 Å². The molecule has 3 nitrogen and oxygen atoms in total. The Morgan fingerprint density at radius 3 is 2.88 bits per heavy atom. The van der Waals surface area contributed by atoms with E-state index in [0.29, 0.717) is 12.0 Å². The van der Waals surface area contributed by atoms with E-state index in [0.717, 1.165) is 18.8 Å². The molecule has 0 aliphatic carbocycles. The van der Waals surface area contributed by atoms with Crippen LogP contribution >= 0.6 is 0 Å². The summed E-state index contributed by atoms with van der Waals surface area (Å²) in [4.78, 5) is 0. The van der Waals surface area contributed by atoms with E-state index in [-0.39, 0.29) is 0 Å². The number of para-hydroxylation sites is 1. The van der Waals surface area contributed by atoms with Crippen molar-refractivity contribution < 1.29 is 4.74 Å². The third kappa shape index (κ3) is 2.79. The summed E-state index contributed by atoms with van der Waals surface area (Å²) in [6, 6.07) is 8.68. The molecule has 17 heavy (non-hydrogen) atoms. The second kappa shape index (κ2) is 6.03. The molecule has 0 amide bonds. The number of hydrogen-bond acceptors (Lipinski definition) is 3. The Hall–Kier alpha value is -1.06. The van der Waals surface area contributed by atoms with Gasteiger partial charge in [-0.3, -0.25) is 0 Å². The van der Waals surface area contributed by atoms with Crippen molar-refractivity contribution in [1.29, 1.82) is 0 Å². The average Bonchev–Trinajstić information content (AvgIpc) is 2.41. The molecule has 2 unspecified atom stereocenters. The summed E-state index contributed by atoms with van der Waals surface area (Å²) in [6.07, 6.45) is 2.54. The fourth-order valence-electron chi connectivity index (χ4n) is 2.73. The maximum atomic E-state index is 5.46. The number of rotatable bonds is 4. The maximum absolute atomic E-state index is 5.46. The maximum Gasteiger partial charge on any atom is 0.123 e. The largest absolute Gasteiger partial charge is 0.496 e. The van der Waals surface area contributed by atoms with Gasteiger partial charge in [0.25, 0.3) is 0 Å². The molecule has 3 heteroatoms. The minimum atomic E-state index is 0.374. The highest BCUT2D eigenvalue weighted by molar-refractivity contribution is 5.36. The van der Waals surface area contributed by atoms with Crippen LogP contribution in [0, 0.1) is 5.92 Å². The van der Waals surface area contributed by atoms with Crippen molar-refractivity contribution in [3.8, 4) is 5.75 Å². The summed E-state index contributed by atoms with van der Waals surface area (Å²) < 4.78 is 5.46.